The average molecular weight is 259 g/mol. The van der Waals surface area contributed by atoms with Gasteiger partial charge in [0.05, 0.1) is 15.7 Å². The van der Waals surface area contributed by atoms with Crippen LogP contribution in [0.3, 0.4) is 0 Å². The number of halogens is 2. The second kappa shape index (κ2) is 4.46. The van der Waals surface area contributed by atoms with Crippen molar-refractivity contribution in [2.45, 2.75) is 30.0 Å². The van der Waals surface area contributed by atoms with E-state index in [1.807, 2.05) is 13.8 Å². The molecule has 1 N–H and O–H groups in total. The third kappa shape index (κ3) is 1.91. The normalized spacial score (nSPS) is 32.3. The first-order valence-electron chi connectivity index (χ1n) is 5.54. The van der Waals surface area contributed by atoms with Gasteiger partial charge in [-0.25, -0.2) is 8.78 Å². The van der Waals surface area contributed by atoms with E-state index in [0.717, 1.165) is 6.07 Å². The number of nitrogens with one attached hydrogen (secondary N) is 1. The fraction of sp³-hybridized carbons (Fsp3) is 0.500. The smallest absolute Gasteiger partial charge is 0.142 e. The summed E-state index contributed by atoms with van der Waals surface area (Å²) in [7, 11) is 0.331. The van der Waals surface area contributed by atoms with E-state index >= 15 is 0 Å². The quantitative estimate of drug-likeness (QED) is 0.839. The second-order valence-electron chi connectivity index (χ2n) is 4.43. The highest BCUT2D eigenvalue weighted by Gasteiger charge is 2.37. The summed E-state index contributed by atoms with van der Waals surface area (Å²) in [6, 6.07) is 1.91. The Labute approximate surface area is 102 Å². The number of hydrogen-bond donors (Lipinski definition) is 1. The van der Waals surface area contributed by atoms with Gasteiger partial charge in [-0.15, -0.1) is 0 Å². The zero-order valence-electron chi connectivity index (χ0n) is 9.96. The maximum Gasteiger partial charge on any atom is 0.142 e. The molecule has 2 rings (SSSR count). The maximum atomic E-state index is 13.7. The molecule has 94 valence electrons. The molecule has 0 radical (unpaired) electrons. The van der Waals surface area contributed by atoms with E-state index in [9.17, 15) is 13.0 Å². The van der Waals surface area contributed by atoms with Crippen LogP contribution in [0.15, 0.2) is 17.0 Å². The van der Waals surface area contributed by atoms with Crippen LogP contribution in [0.25, 0.3) is 0 Å². The molecule has 4 unspecified atom stereocenters. The summed E-state index contributed by atoms with van der Waals surface area (Å²) in [6.07, 6.45) is 0. The highest BCUT2D eigenvalue weighted by atomic mass is 32.2. The molecule has 1 aromatic rings. The highest BCUT2D eigenvalue weighted by molar-refractivity contribution is 7.85. The number of hydrogen-bond acceptors (Lipinski definition) is 2. The third-order valence-corrected chi connectivity index (χ3v) is 5.43. The van der Waals surface area contributed by atoms with Crippen LogP contribution in [-0.4, -0.2) is 16.5 Å². The Morgan fingerprint density at radius 1 is 1.29 bits per heavy atom. The lowest BCUT2D eigenvalue weighted by atomic mass is 9.91. The summed E-state index contributed by atoms with van der Waals surface area (Å²) in [5.41, 5.74) is 0.480. The van der Waals surface area contributed by atoms with Gasteiger partial charge in [0.2, 0.25) is 0 Å². The molecule has 0 amide bonds. The van der Waals surface area contributed by atoms with Gasteiger partial charge in [-0.3, -0.25) is 4.21 Å². The van der Waals surface area contributed by atoms with E-state index in [2.05, 4.69) is 5.32 Å². The van der Waals surface area contributed by atoms with Gasteiger partial charge in [-0.1, -0.05) is 13.8 Å². The SMILES string of the molecule is CNC1c2cc(F)cc(F)c2S(=O)C(C)C1C. The van der Waals surface area contributed by atoms with Gasteiger partial charge in [0.1, 0.15) is 11.6 Å². The minimum absolute atomic E-state index is 0.0644. The molecule has 0 saturated heterocycles. The van der Waals surface area contributed by atoms with Crippen LogP contribution < -0.4 is 5.32 Å². The van der Waals surface area contributed by atoms with Crippen molar-refractivity contribution in [1.29, 1.82) is 0 Å². The van der Waals surface area contributed by atoms with E-state index in [0.29, 0.717) is 5.56 Å². The lowest BCUT2D eigenvalue weighted by Gasteiger charge is -2.35. The van der Waals surface area contributed by atoms with Crippen molar-refractivity contribution in [2.75, 3.05) is 7.05 Å². The fourth-order valence-electron chi connectivity index (χ4n) is 2.38. The van der Waals surface area contributed by atoms with Crippen LogP contribution in [0, 0.1) is 17.6 Å². The molecule has 0 bridgehead atoms. The summed E-state index contributed by atoms with van der Waals surface area (Å²) in [6.45, 7) is 3.77. The molecule has 1 aromatic carbocycles. The second-order valence-corrected chi connectivity index (χ2v) is 6.18. The first-order chi connectivity index (χ1) is 7.97. The van der Waals surface area contributed by atoms with Gasteiger partial charge in [-0.2, -0.15) is 0 Å². The Hall–Kier alpha value is -0.810. The molecule has 2 nitrogen and oxygen atoms in total. The van der Waals surface area contributed by atoms with Gasteiger partial charge >= 0.3 is 0 Å². The van der Waals surface area contributed by atoms with Crippen LogP contribution >= 0.6 is 0 Å². The van der Waals surface area contributed by atoms with Crippen molar-refractivity contribution in [2.24, 2.45) is 5.92 Å². The molecule has 1 heterocycles. The molecule has 1 aliphatic rings. The van der Waals surface area contributed by atoms with Crippen molar-refractivity contribution >= 4 is 10.8 Å². The Morgan fingerprint density at radius 3 is 2.53 bits per heavy atom. The molecular weight excluding hydrogens is 244 g/mol. The Kier molecular flexibility index (Phi) is 3.32. The summed E-state index contributed by atoms with van der Waals surface area (Å²) < 4.78 is 39.1. The number of rotatable bonds is 1. The maximum absolute atomic E-state index is 13.7. The van der Waals surface area contributed by atoms with E-state index in [1.165, 1.54) is 6.07 Å². The van der Waals surface area contributed by atoms with Crippen molar-refractivity contribution in [3.8, 4) is 0 Å². The first kappa shape index (κ1) is 12.6. The van der Waals surface area contributed by atoms with Crippen molar-refractivity contribution in [3.63, 3.8) is 0 Å². The van der Waals surface area contributed by atoms with E-state index in [4.69, 9.17) is 0 Å². The topological polar surface area (TPSA) is 29.1 Å². The van der Waals surface area contributed by atoms with Gasteiger partial charge in [0.25, 0.3) is 0 Å². The summed E-state index contributed by atoms with van der Waals surface area (Å²) >= 11 is 0. The molecular formula is C12H15F2NOS. The van der Waals surface area contributed by atoms with Crippen LogP contribution in [0.2, 0.25) is 0 Å². The molecule has 5 heteroatoms. The molecule has 0 aromatic heterocycles. The minimum atomic E-state index is -1.41. The zero-order chi connectivity index (χ0) is 12.7. The van der Waals surface area contributed by atoms with E-state index < -0.39 is 22.4 Å². The lowest BCUT2D eigenvalue weighted by molar-refractivity contribution is 0.380. The van der Waals surface area contributed by atoms with Gasteiger partial charge in [0.15, 0.2) is 0 Å². The monoisotopic (exact) mass is 259 g/mol. The summed E-state index contributed by atoms with van der Waals surface area (Å²) in [5.74, 6) is -1.27. The van der Waals surface area contributed by atoms with Gasteiger partial charge in [0, 0.05) is 17.4 Å². The molecule has 17 heavy (non-hydrogen) atoms. The van der Waals surface area contributed by atoms with Gasteiger partial charge < -0.3 is 5.32 Å². The predicted octanol–water partition coefficient (Wildman–Crippen LogP) is 2.37. The Bertz CT molecular complexity index is 478. The largest absolute Gasteiger partial charge is 0.313 e. The molecule has 0 aliphatic carbocycles. The Balaban J connectivity index is 2.67. The molecule has 0 saturated carbocycles. The molecule has 0 spiro atoms. The predicted molar refractivity (Wildman–Crippen MR) is 63.2 cm³/mol. The molecule has 0 fully saturated rings. The van der Waals surface area contributed by atoms with Crippen molar-refractivity contribution in [1.82, 2.24) is 5.32 Å². The highest BCUT2D eigenvalue weighted by Crippen LogP contribution is 2.39. The average Bonchev–Trinajstić information content (AvgIpc) is 2.26. The van der Waals surface area contributed by atoms with Gasteiger partial charge in [-0.05, 0) is 24.6 Å². The van der Waals surface area contributed by atoms with Crippen molar-refractivity contribution < 1.29 is 13.0 Å². The van der Waals surface area contributed by atoms with Crippen LogP contribution in [0.4, 0.5) is 8.78 Å². The zero-order valence-corrected chi connectivity index (χ0v) is 10.8. The lowest BCUT2D eigenvalue weighted by Crippen LogP contribution is -2.38. The van der Waals surface area contributed by atoms with Crippen LogP contribution in [-0.2, 0) is 10.8 Å². The standard InChI is InChI=1S/C12H15F2NOS/c1-6-7(2)17(16)12-9(11(6)15-3)4-8(13)5-10(12)14/h4-7,11,15H,1-3H3. The van der Waals surface area contributed by atoms with E-state index in [1.54, 1.807) is 7.05 Å². The third-order valence-electron chi connectivity index (χ3n) is 3.49. The van der Waals surface area contributed by atoms with Crippen molar-refractivity contribution in [3.05, 3.63) is 29.3 Å². The van der Waals surface area contributed by atoms with E-state index in [-0.39, 0.29) is 22.1 Å². The molecule has 4 atom stereocenters. The summed E-state index contributed by atoms with van der Waals surface area (Å²) in [4.78, 5) is 0.149. The number of benzene rings is 1. The van der Waals surface area contributed by atoms with Crippen LogP contribution in [0.1, 0.15) is 25.5 Å². The number of fused-ring (bicyclic) bond motifs is 1. The summed E-state index contributed by atoms with van der Waals surface area (Å²) in [5, 5.41) is 2.89. The fourth-order valence-corrected chi connectivity index (χ4v) is 3.97. The minimum Gasteiger partial charge on any atom is -0.313 e. The Morgan fingerprint density at radius 2 is 1.94 bits per heavy atom. The molecule has 1 aliphatic heterocycles. The van der Waals surface area contributed by atoms with Crippen LogP contribution in [0.5, 0.6) is 0 Å². The first-order valence-corrected chi connectivity index (χ1v) is 6.75.